The minimum absolute atomic E-state index is 0.000957. The number of sulfone groups is 2. The first-order chi connectivity index (χ1) is 9.67. The lowest BCUT2D eigenvalue weighted by atomic mass is 9.84. The number of nitrogens with one attached hydrogen (secondary N) is 1. The monoisotopic (exact) mass is 337 g/mol. The minimum atomic E-state index is -3.11. The van der Waals surface area contributed by atoms with Gasteiger partial charge in [-0.1, -0.05) is 6.42 Å². The quantitative estimate of drug-likeness (QED) is 0.771. The van der Waals surface area contributed by atoms with Gasteiger partial charge in [-0.15, -0.1) is 0 Å². The van der Waals surface area contributed by atoms with Crippen molar-refractivity contribution in [1.82, 2.24) is 5.32 Å². The van der Waals surface area contributed by atoms with Gasteiger partial charge in [-0.25, -0.2) is 16.8 Å². The summed E-state index contributed by atoms with van der Waals surface area (Å²) >= 11 is 0. The van der Waals surface area contributed by atoms with Crippen molar-refractivity contribution >= 4 is 25.5 Å². The van der Waals surface area contributed by atoms with Gasteiger partial charge in [-0.05, 0) is 19.3 Å². The van der Waals surface area contributed by atoms with Gasteiger partial charge in [-0.3, -0.25) is 4.79 Å². The summed E-state index contributed by atoms with van der Waals surface area (Å²) in [6.07, 6.45) is 3.87. The molecule has 2 rings (SSSR count). The van der Waals surface area contributed by atoms with Crippen molar-refractivity contribution in [2.45, 2.75) is 43.4 Å². The molecule has 1 saturated carbocycles. The molecule has 8 heteroatoms. The minimum Gasteiger partial charge on any atom is -0.312 e. The van der Waals surface area contributed by atoms with Crippen molar-refractivity contribution in [3.63, 3.8) is 0 Å². The molecule has 0 aromatic heterocycles. The molecule has 21 heavy (non-hydrogen) atoms. The van der Waals surface area contributed by atoms with Crippen molar-refractivity contribution in [2.75, 3.05) is 24.3 Å². The first-order valence-electron chi connectivity index (χ1n) is 7.33. The van der Waals surface area contributed by atoms with E-state index in [0.29, 0.717) is 25.8 Å². The number of ketones is 1. The molecular weight excluding hydrogens is 314 g/mol. The molecule has 0 aromatic rings. The molecule has 3 unspecified atom stereocenters. The van der Waals surface area contributed by atoms with Gasteiger partial charge in [0.05, 0.1) is 16.8 Å². The Labute approximate surface area is 126 Å². The Bertz CT molecular complexity index is 596. The standard InChI is InChI=1S/C13H23NO5S2/c1-20(16,17)12-4-2-3-10(7-12)13(15)8-11-9-21(18,19)6-5-14-11/h10-12,14H,2-9H2,1H3. The molecule has 1 aliphatic heterocycles. The highest BCUT2D eigenvalue weighted by Crippen LogP contribution is 2.30. The van der Waals surface area contributed by atoms with Crippen LogP contribution in [0.5, 0.6) is 0 Å². The van der Waals surface area contributed by atoms with Gasteiger partial charge >= 0.3 is 0 Å². The third-order valence-electron chi connectivity index (χ3n) is 4.44. The second-order valence-corrected chi connectivity index (χ2v) is 10.8. The van der Waals surface area contributed by atoms with Crippen LogP contribution in [-0.2, 0) is 24.5 Å². The second-order valence-electron chi connectivity index (χ2n) is 6.25. The van der Waals surface area contributed by atoms with Crippen molar-refractivity contribution in [1.29, 1.82) is 0 Å². The van der Waals surface area contributed by atoms with E-state index >= 15 is 0 Å². The zero-order chi connectivity index (χ0) is 15.7. The number of hydrogen-bond acceptors (Lipinski definition) is 6. The molecule has 1 aliphatic carbocycles. The zero-order valence-electron chi connectivity index (χ0n) is 12.2. The van der Waals surface area contributed by atoms with Crippen LogP contribution in [0, 0.1) is 5.92 Å². The largest absolute Gasteiger partial charge is 0.312 e. The van der Waals surface area contributed by atoms with Crippen LogP contribution in [0.25, 0.3) is 0 Å². The van der Waals surface area contributed by atoms with Crippen molar-refractivity contribution < 1.29 is 21.6 Å². The van der Waals surface area contributed by atoms with Gasteiger partial charge in [0.15, 0.2) is 9.84 Å². The topological polar surface area (TPSA) is 97.4 Å². The Hall–Kier alpha value is -0.470. The lowest BCUT2D eigenvalue weighted by Crippen LogP contribution is -2.46. The zero-order valence-corrected chi connectivity index (χ0v) is 13.9. The van der Waals surface area contributed by atoms with Gasteiger partial charge in [-0.2, -0.15) is 0 Å². The van der Waals surface area contributed by atoms with Crippen LogP contribution in [0.1, 0.15) is 32.1 Å². The number of rotatable bonds is 4. The van der Waals surface area contributed by atoms with Gasteiger partial charge in [0.2, 0.25) is 0 Å². The number of hydrogen-bond donors (Lipinski definition) is 1. The SMILES string of the molecule is CS(=O)(=O)C1CCCC(C(=O)CC2CS(=O)(=O)CCN2)C1. The van der Waals surface area contributed by atoms with E-state index < -0.39 is 24.9 Å². The average Bonchev–Trinajstić information content (AvgIpc) is 2.36. The second kappa shape index (κ2) is 6.34. The average molecular weight is 337 g/mol. The summed E-state index contributed by atoms with van der Waals surface area (Å²) in [4.78, 5) is 12.3. The molecule has 0 spiro atoms. The molecule has 2 fully saturated rings. The normalized spacial score (nSPS) is 33.5. The number of carbonyl (C=O) groups is 1. The predicted octanol–water partition coefficient (Wildman–Crippen LogP) is -0.0644. The Morgan fingerprint density at radius 1 is 1.29 bits per heavy atom. The molecule has 3 atom stereocenters. The van der Waals surface area contributed by atoms with Crippen molar-refractivity contribution in [3.05, 3.63) is 0 Å². The van der Waals surface area contributed by atoms with Crippen LogP contribution in [0.2, 0.25) is 0 Å². The molecule has 6 nitrogen and oxygen atoms in total. The lowest BCUT2D eigenvalue weighted by molar-refractivity contribution is -0.124. The van der Waals surface area contributed by atoms with Gasteiger partial charge < -0.3 is 5.32 Å². The molecular formula is C13H23NO5S2. The first-order valence-corrected chi connectivity index (χ1v) is 11.1. The maximum atomic E-state index is 12.3. The number of carbonyl (C=O) groups excluding carboxylic acids is 1. The fourth-order valence-electron chi connectivity index (χ4n) is 3.23. The van der Waals surface area contributed by atoms with E-state index in [9.17, 15) is 21.6 Å². The summed E-state index contributed by atoms with van der Waals surface area (Å²) < 4.78 is 46.4. The molecule has 0 radical (unpaired) electrons. The van der Waals surface area contributed by atoms with Crippen LogP contribution in [0.3, 0.4) is 0 Å². The van der Waals surface area contributed by atoms with Crippen molar-refractivity contribution in [2.24, 2.45) is 5.92 Å². The molecule has 1 heterocycles. The van der Waals surface area contributed by atoms with Crippen LogP contribution >= 0.6 is 0 Å². The van der Waals surface area contributed by atoms with E-state index in [1.54, 1.807) is 0 Å². The summed E-state index contributed by atoms with van der Waals surface area (Å²) in [5, 5.41) is 2.64. The van der Waals surface area contributed by atoms with Crippen LogP contribution in [-0.4, -0.2) is 58.2 Å². The Balaban J connectivity index is 1.94. The maximum absolute atomic E-state index is 12.3. The summed E-state index contributed by atoms with van der Waals surface area (Å²) in [5.74, 6) is -0.124. The van der Waals surface area contributed by atoms with Crippen LogP contribution in [0.15, 0.2) is 0 Å². The molecule has 0 amide bonds. The van der Waals surface area contributed by atoms with E-state index in [0.717, 1.165) is 6.42 Å². The highest BCUT2D eigenvalue weighted by Gasteiger charge is 2.34. The highest BCUT2D eigenvalue weighted by atomic mass is 32.2. The van der Waals surface area contributed by atoms with Crippen molar-refractivity contribution in [3.8, 4) is 0 Å². The summed E-state index contributed by atoms with van der Waals surface area (Å²) in [5.41, 5.74) is 0. The lowest BCUT2D eigenvalue weighted by Gasteiger charge is -2.29. The third-order valence-corrected chi connectivity index (χ3v) is 7.81. The smallest absolute Gasteiger partial charge is 0.153 e. The van der Waals surface area contributed by atoms with E-state index in [2.05, 4.69) is 5.32 Å². The molecule has 122 valence electrons. The molecule has 2 aliphatic rings. The van der Waals surface area contributed by atoms with E-state index in [-0.39, 0.29) is 35.7 Å². The molecule has 1 N–H and O–H groups in total. The summed E-state index contributed by atoms with van der Waals surface area (Å²) in [7, 11) is -6.16. The molecule has 0 bridgehead atoms. The number of Topliss-reactive ketones (excluding diaryl/α,β-unsaturated/α-hetero) is 1. The fraction of sp³-hybridized carbons (Fsp3) is 0.923. The van der Waals surface area contributed by atoms with E-state index in [1.165, 1.54) is 6.26 Å². The summed E-state index contributed by atoms with van der Waals surface area (Å²) in [6.45, 7) is 0.386. The van der Waals surface area contributed by atoms with Gasteiger partial charge in [0.1, 0.15) is 15.6 Å². The maximum Gasteiger partial charge on any atom is 0.153 e. The van der Waals surface area contributed by atoms with E-state index in [1.807, 2.05) is 0 Å². The van der Waals surface area contributed by atoms with E-state index in [4.69, 9.17) is 0 Å². The third kappa shape index (κ3) is 4.75. The molecule has 1 saturated heterocycles. The van der Waals surface area contributed by atoms with Crippen LogP contribution < -0.4 is 5.32 Å². The Morgan fingerprint density at radius 2 is 2.00 bits per heavy atom. The van der Waals surface area contributed by atoms with Crippen LogP contribution in [0.4, 0.5) is 0 Å². The Morgan fingerprint density at radius 3 is 2.62 bits per heavy atom. The van der Waals surface area contributed by atoms with Gasteiger partial charge in [0.25, 0.3) is 0 Å². The van der Waals surface area contributed by atoms with Gasteiger partial charge in [0, 0.05) is 31.2 Å². The summed E-state index contributed by atoms with van der Waals surface area (Å²) in [6, 6.07) is -0.324. The first kappa shape index (κ1) is 16.9. The Kier molecular flexibility index (Phi) is 5.10. The predicted molar refractivity (Wildman–Crippen MR) is 80.7 cm³/mol. The highest BCUT2D eigenvalue weighted by molar-refractivity contribution is 7.91. The fourth-order valence-corrected chi connectivity index (χ4v) is 5.86. The molecule has 0 aromatic carbocycles.